The van der Waals surface area contributed by atoms with Crippen molar-refractivity contribution in [1.82, 2.24) is 15.1 Å². The van der Waals surface area contributed by atoms with Crippen LogP contribution in [0.5, 0.6) is 0 Å². The van der Waals surface area contributed by atoms with Crippen LogP contribution < -0.4 is 5.32 Å². The van der Waals surface area contributed by atoms with Gasteiger partial charge in [0.15, 0.2) is 0 Å². The minimum atomic E-state index is -1.01. The number of hydrogen-bond acceptors (Lipinski definition) is 4. The van der Waals surface area contributed by atoms with Crippen LogP contribution in [0.15, 0.2) is 42.7 Å². The Kier molecular flexibility index (Phi) is 6.36. The summed E-state index contributed by atoms with van der Waals surface area (Å²) in [6.07, 6.45) is 3.33. The molecule has 0 aliphatic heterocycles. The molecule has 2 rings (SSSR count). The number of carbonyl (C=O) groups is 2. The van der Waals surface area contributed by atoms with Crippen LogP contribution in [0.4, 0.5) is 4.79 Å². The number of hydrogen-bond donors (Lipinski definition) is 2. The van der Waals surface area contributed by atoms with Gasteiger partial charge in [-0.25, -0.2) is 4.79 Å². The Labute approximate surface area is 140 Å². The van der Waals surface area contributed by atoms with Gasteiger partial charge in [-0.2, -0.15) is 5.10 Å². The lowest BCUT2D eigenvalue weighted by Crippen LogP contribution is -2.30. The van der Waals surface area contributed by atoms with Crippen LogP contribution in [0.2, 0.25) is 0 Å². The Morgan fingerprint density at radius 2 is 2.08 bits per heavy atom. The van der Waals surface area contributed by atoms with E-state index in [4.69, 9.17) is 9.84 Å². The van der Waals surface area contributed by atoms with Crippen molar-refractivity contribution in [2.75, 3.05) is 0 Å². The third-order valence-corrected chi connectivity index (χ3v) is 3.39. The standard InChI is InChI=1S/C17H21N3O4/c1-2-8-20-11-14(10-18-20)15(9-16(21)22)19-17(23)24-12-13-6-4-3-5-7-13/h3-7,10-11,15H,2,8-9,12H2,1H3,(H,19,23)(H,21,22)/t15-/m0/s1. The van der Waals surface area contributed by atoms with Crippen molar-refractivity contribution < 1.29 is 19.4 Å². The van der Waals surface area contributed by atoms with Gasteiger partial charge in [-0.15, -0.1) is 0 Å². The third-order valence-electron chi connectivity index (χ3n) is 3.39. The number of ether oxygens (including phenoxy) is 1. The molecule has 1 atom stereocenters. The van der Waals surface area contributed by atoms with E-state index in [1.165, 1.54) is 0 Å². The van der Waals surface area contributed by atoms with Crippen molar-refractivity contribution in [2.45, 2.75) is 39.0 Å². The summed E-state index contributed by atoms with van der Waals surface area (Å²) in [5.41, 5.74) is 1.50. The highest BCUT2D eigenvalue weighted by atomic mass is 16.5. The second kappa shape index (κ2) is 8.71. The summed E-state index contributed by atoms with van der Waals surface area (Å²) in [5.74, 6) is -1.01. The number of carboxylic acid groups (broad SMARTS) is 1. The number of benzene rings is 1. The first kappa shape index (κ1) is 17.5. The SMILES string of the molecule is CCCn1cc([C@H](CC(=O)O)NC(=O)OCc2ccccc2)cn1. The number of carbonyl (C=O) groups excluding carboxylic acids is 1. The summed E-state index contributed by atoms with van der Waals surface area (Å²) >= 11 is 0. The average Bonchev–Trinajstić information content (AvgIpc) is 3.02. The Morgan fingerprint density at radius 1 is 1.33 bits per heavy atom. The maximum atomic E-state index is 12.0. The fourth-order valence-electron chi connectivity index (χ4n) is 2.24. The normalized spacial score (nSPS) is 11.7. The van der Waals surface area contributed by atoms with E-state index in [0.29, 0.717) is 5.56 Å². The van der Waals surface area contributed by atoms with Crippen LogP contribution in [0.1, 0.15) is 36.9 Å². The highest BCUT2D eigenvalue weighted by Gasteiger charge is 2.20. The maximum Gasteiger partial charge on any atom is 0.407 e. The zero-order valence-electron chi connectivity index (χ0n) is 13.5. The fraction of sp³-hybridized carbons (Fsp3) is 0.353. The van der Waals surface area contributed by atoms with Crippen LogP contribution >= 0.6 is 0 Å². The lowest BCUT2D eigenvalue weighted by molar-refractivity contribution is -0.137. The Morgan fingerprint density at radius 3 is 2.75 bits per heavy atom. The molecule has 0 bridgehead atoms. The molecular weight excluding hydrogens is 310 g/mol. The molecule has 1 aromatic heterocycles. The van der Waals surface area contributed by atoms with Gasteiger partial charge in [0.05, 0.1) is 18.7 Å². The van der Waals surface area contributed by atoms with E-state index >= 15 is 0 Å². The molecule has 0 unspecified atom stereocenters. The number of alkyl carbamates (subject to hydrolysis) is 1. The Bertz CT molecular complexity index is 669. The van der Waals surface area contributed by atoms with Crippen molar-refractivity contribution in [1.29, 1.82) is 0 Å². The van der Waals surface area contributed by atoms with Gasteiger partial charge in [0, 0.05) is 18.3 Å². The van der Waals surface area contributed by atoms with Crippen LogP contribution in [0.25, 0.3) is 0 Å². The van der Waals surface area contributed by atoms with Crippen molar-refractivity contribution in [3.8, 4) is 0 Å². The average molecular weight is 331 g/mol. The van der Waals surface area contributed by atoms with Gasteiger partial charge >= 0.3 is 12.1 Å². The first-order valence-electron chi connectivity index (χ1n) is 7.80. The number of aromatic nitrogens is 2. The van der Waals surface area contributed by atoms with Gasteiger partial charge < -0.3 is 15.2 Å². The Hall–Kier alpha value is -2.83. The molecule has 128 valence electrons. The highest BCUT2D eigenvalue weighted by molar-refractivity contribution is 5.71. The molecule has 7 nitrogen and oxygen atoms in total. The summed E-state index contributed by atoms with van der Waals surface area (Å²) in [5, 5.41) is 15.8. The summed E-state index contributed by atoms with van der Waals surface area (Å²) in [6, 6.07) is 8.59. The van der Waals surface area contributed by atoms with E-state index < -0.39 is 18.1 Å². The summed E-state index contributed by atoms with van der Waals surface area (Å²) in [6.45, 7) is 2.88. The maximum absolute atomic E-state index is 12.0. The van der Waals surface area contributed by atoms with Gasteiger partial charge in [-0.05, 0) is 12.0 Å². The van der Waals surface area contributed by atoms with E-state index in [2.05, 4.69) is 10.4 Å². The second-order valence-corrected chi connectivity index (χ2v) is 5.39. The molecule has 0 fully saturated rings. The van der Waals surface area contributed by atoms with Gasteiger partial charge in [-0.1, -0.05) is 37.3 Å². The monoisotopic (exact) mass is 331 g/mol. The molecule has 7 heteroatoms. The first-order valence-corrected chi connectivity index (χ1v) is 7.80. The predicted octanol–water partition coefficient (Wildman–Crippen LogP) is 2.74. The number of rotatable bonds is 8. The molecule has 1 aromatic carbocycles. The summed E-state index contributed by atoms with van der Waals surface area (Å²) in [7, 11) is 0. The number of nitrogens with zero attached hydrogens (tertiary/aromatic N) is 2. The molecule has 0 radical (unpaired) electrons. The van der Waals surface area contributed by atoms with Crippen LogP contribution in [-0.2, 0) is 22.7 Å². The van der Waals surface area contributed by atoms with E-state index in [9.17, 15) is 9.59 Å². The smallest absolute Gasteiger partial charge is 0.407 e. The molecule has 1 amide bonds. The van der Waals surface area contributed by atoms with Crippen molar-refractivity contribution >= 4 is 12.1 Å². The minimum Gasteiger partial charge on any atom is -0.481 e. The summed E-state index contributed by atoms with van der Waals surface area (Å²) in [4.78, 5) is 23.0. The largest absolute Gasteiger partial charge is 0.481 e. The van der Waals surface area contributed by atoms with Gasteiger partial charge in [0.1, 0.15) is 6.61 Å². The molecule has 1 heterocycles. The van der Waals surface area contributed by atoms with Crippen LogP contribution in [0.3, 0.4) is 0 Å². The van der Waals surface area contributed by atoms with Gasteiger partial charge in [0.2, 0.25) is 0 Å². The van der Waals surface area contributed by atoms with Crippen molar-refractivity contribution in [3.05, 3.63) is 53.9 Å². The van der Waals surface area contributed by atoms with E-state index in [-0.39, 0.29) is 13.0 Å². The molecule has 2 aromatic rings. The minimum absolute atomic E-state index is 0.127. The lowest BCUT2D eigenvalue weighted by Gasteiger charge is -2.15. The molecule has 0 saturated carbocycles. The quantitative estimate of drug-likeness (QED) is 0.776. The summed E-state index contributed by atoms with van der Waals surface area (Å²) < 4.78 is 6.87. The number of carboxylic acids is 1. The number of amides is 1. The molecule has 2 N–H and O–H groups in total. The van der Waals surface area contributed by atoms with E-state index in [0.717, 1.165) is 18.5 Å². The molecule has 0 aliphatic rings. The van der Waals surface area contributed by atoms with Crippen molar-refractivity contribution in [3.63, 3.8) is 0 Å². The molecule has 0 saturated heterocycles. The van der Waals surface area contributed by atoms with Gasteiger partial charge in [0.25, 0.3) is 0 Å². The first-order chi connectivity index (χ1) is 11.6. The third kappa shape index (κ3) is 5.42. The topological polar surface area (TPSA) is 93.5 Å². The number of aliphatic carboxylic acids is 1. The van der Waals surface area contributed by atoms with E-state index in [1.807, 2.05) is 37.3 Å². The predicted molar refractivity (Wildman–Crippen MR) is 87.3 cm³/mol. The molecule has 24 heavy (non-hydrogen) atoms. The Balaban J connectivity index is 1.96. The highest BCUT2D eigenvalue weighted by Crippen LogP contribution is 2.17. The van der Waals surface area contributed by atoms with Crippen LogP contribution in [-0.4, -0.2) is 26.9 Å². The molecular formula is C17H21N3O4. The molecule has 0 aliphatic carbocycles. The van der Waals surface area contributed by atoms with Crippen LogP contribution in [0, 0.1) is 0 Å². The van der Waals surface area contributed by atoms with E-state index in [1.54, 1.807) is 17.1 Å². The number of nitrogens with one attached hydrogen (secondary N) is 1. The lowest BCUT2D eigenvalue weighted by atomic mass is 10.1. The fourth-order valence-corrected chi connectivity index (χ4v) is 2.24. The zero-order valence-corrected chi connectivity index (χ0v) is 13.5. The van der Waals surface area contributed by atoms with Crippen molar-refractivity contribution in [2.24, 2.45) is 0 Å². The second-order valence-electron chi connectivity index (χ2n) is 5.39. The van der Waals surface area contributed by atoms with Gasteiger partial charge in [-0.3, -0.25) is 9.48 Å². The zero-order chi connectivity index (χ0) is 17.4. The number of aryl methyl sites for hydroxylation is 1. The molecule has 0 spiro atoms.